The minimum atomic E-state index is -1.10. The first-order valence-electron chi connectivity index (χ1n) is 6.70. The van der Waals surface area contributed by atoms with Crippen LogP contribution in [0.1, 0.15) is 31.5 Å². The van der Waals surface area contributed by atoms with Crippen molar-refractivity contribution in [3.63, 3.8) is 0 Å². The summed E-state index contributed by atoms with van der Waals surface area (Å²) in [4.78, 5) is 23.5. The van der Waals surface area contributed by atoms with Crippen molar-refractivity contribution in [1.29, 1.82) is 0 Å². The van der Waals surface area contributed by atoms with E-state index < -0.39 is 17.6 Å². The van der Waals surface area contributed by atoms with E-state index in [1.807, 2.05) is 13.0 Å². The molecule has 1 atom stereocenters. The van der Waals surface area contributed by atoms with E-state index in [9.17, 15) is 9.59 Å². The molecule has 7 heteroatoms. The van der Waals surface area contributed by atoms with Gasteiger partial charge in [0.1, 0.15) is 17.1 Å². The van der Waals surface area contributed by atoms with Crippen LogP contribution in [0.3, 0.4) is 0 Å². The van der Waals surface area contributed by atoms with Crippen molar-refractivity contribution in [2.45, 2.75) is 33.2 Å². The Morgan fingerprint density at radius 1 is 1.43 bits per heavy atom. The van der Waals surface area contributed by atoms with Crippen LogP contribution in [0.5, 0.6) is 0 Å². The van der Waals surface area contributed by atoms with Crippen molar-refractivity contribution in [2.75, 3.05) is 0 Å². The van der Waals surface area contributed by atoms with Gasteiger partial charge in [-0.25, -0.2) is 9.48 Å². The van der Waals surface area contributed by atoms with Gasteiger partial charge in [0.2, 0.25) is 0 Å². The monoisotopic (exact) mass is 289 g/mol. The van der Waals surface area contributed by atoms with E-state index in [2.05, 4.69) is 5.10 Å². The Labute approximate surface area is 119 Å². The van der Waals surface area contributed by atoms with Crippen molar-refractivity contribution in [2.24, 2.45) is 0 Å². The van der Waals surface area contributed by atoms with E-state index >= 15 is 0 Å². The molecule has 3 heterocycles. The average Bonchev–Trinajstić information content (AvgIpc) is 2.98. The number of carboxylic acid groups (broad SMARTS) is 1. The highest BCUT2D eigenvalue weighted by Gasteiger charge is 2.21. The molecular weight excluding hydrogens is 274 g/mol. The molecule has 0 aromatic carbocycles. The maximum absolute atomic E-state index is 12.4. The third-order valence-corrected chi connectivity index (χ3v) is 3.62. The highest BCUT2D eigenvalue weighted by atomic mass is 16.4. The lowest BCUT2D eigenvalue weighted by molar-refractivity contribution is -0.140. The SMILES string of the molecule is CCc1cc2c(cc3c(=O)n(C(C)C(=O)O)nc(C)n32)o1. The normalized spacial score (nSPS) is 13.1. The Bertz CT molecular complexity index is 916. The molecule has 3 rings (SSSR count). The number of aromatic nitrogens is 3. The van der Waals surface area contributed by atoms with Crippen LogP contribution in [0.4, 0.5) is 0 Å². The first-order valence-corrected chi connectivity index (χ1v) is 6.70. The van der Waals surface area contributed by atoms with Crippen LogP contribution in [-0.4, -0.2) is 25.3 Å². The van der Waals surface area contributed by atoms with Crippen molar-refractivity contribution in [1.82, 2.24) is 14.2 Å². The molecule has 0 saturated carbocycles. The highest BCUT2D eigenvalue weighted by molar-refractivity contribution is 5.83. The van der Waals surface area contributed by atoms with Crippen LogP contribution in [0.25, 0.3) is 16.6 Å². The Kier molecular flexibility index (Phi) is 2.86. The number of carboxylic acids is 1. The topological polar surface area (TPSA) is 89.7 Å². The molecule has 0 bridgehead atoms. The van der Waals surface area contributed by atoms with Gasteiger partial charge in [0.05, 0.1) is 5.52 Å². The lowest BCUT2D eigenvalue weighted by Crippen LogP contribution is -2.32. The quantitative estimate of drug-likeness (QED) is 0.793. The van der Waals surface area contributed by atoms with Gasteiger partial charge in [0.25, 0.3) is 5.56 Å². The molecule has 0 amide bonds. The number of nitrogens with zero attached hydrogens (tertiary/aromatic N) is 3. The number of aryl methyl sites for hydroxylation is 2. The molecule has 0 aliphatic rings. The van der Waals surface area contributed by atoms with Gasteiger partial charge in [0.15, 0.2) is 11.6 Å². The summed E-state index contributed by atoms with van der Waals surface area (Å²) in [7, 11) is 0. The number of fused-ring (bicyclic) bond motifs is 3. The maximum atomic E-state index is 12.4. The van der Waals surface area contributed by atoms with E-state index in [4.69, 9.17) is 9.52 Å². The molecule has 0 aliphatic heterocycles. The molecule has 1 N–H and O–H groups in total. The number of hydrogen-bond donors (Lipinski definition) is 1. The molecule has 0 aliphatic carbocycles. The van der Waals surface area contributed by atoms with E-state index in [1.165, 1.54) is 6.92 Å². The third kappa shape index (κ3) is 1.84. The fourth-order valence-electron chi connectivity index (χ4n) is 2.45. The summed E-state index contributed by atoms with van der Waals surface area (Å²) in [5, 5.41) is 13.2. The fourth-order valence-corrected chi connectivity index (χ4v) is 2.45. The van der Waals surface area contributed by atoms with Gasteiger partial charge >= 0.3 is 5.97 Å². The molecule has 0 radical (unpaired) electrons. The molecule has 7 nitrogen and oxygen atoms in total. The molecule has 21 heavy (non-hydrogen) atoms. The van der Waals surface area contributed by atoms with Crippen molar-refractivity contribution in [3.8, 4) is 0 Å². The smallest absolute Gasteiger partial charge is 0.328 e. The number of furan rings is 1. The summed E-state index contributed by atoms with van der Waals surface area (Å²) in [5.74, 6) is 0.268. The van der Waals surface area contributed by atoms with Gasteiger partial charge < -0.3 is 9.52 Å². The summed E-state index contributed by atoms with van der Waals surface area (Å²) in [6.07, 6.45) is 0.760. The first-order chi connectivity index (χ1) is 9.93. The average molecular weight is 289 g/mol. The Balaban J connectivity index is 2.37. The Morgan fingerprint density at radius 2 is 2.14 bits per heavy atom. The van der Waals surface area contributed by atoms with E-state index in [-0.39, 0.29) is 0 Å². The Hall–Kier alpha value is -2.57. The fraction of sp³-hybridized carbons (Fsp3) is 0.357. The first kappa shape index (κ1) is 13.4. The molecule has 3 aromatic rings. The second-order valence-electron chi connectivity index (χ2n) is 4.99. The molecule has 0 saturated heterocycles. The largest absolute Gasteiger partial charge is 0.480 e. The summed E-state index contributed by atoms with van der Waals surface area (Å²) in [6.45, 7) is 5.14. The molecule has 3 aromatic heterocycles. The summed E-state index contributed by atoms with van der Waals surface area (Å²) in [6, 6.07) is 2.49. The van der Waals surface area contributed by atoms with E-state index in [0.717, 1.165) is 22.4 Å². The predicted molar refractivity (Wildman–Crippen MR) is 75.7 cm³/mol. The lowest BCUT2D eigenvalue weighted by atomic mass is 10.3. The standard InChI is InChI=1S/C14H15N3O4/c1-4-9-5-10-12(21-9)6-11-13(18)17(7(2)14(19)20)15-8(3)16(10)11/h5-7H,4H2,1-3H3,(H,19,20). The van der Waals surface area contributed by atoms with E-state index in [0.29, 0.717) is 16.9 Å². The highest BCUT2D eigenvalue weighted by Crippen LogP contribution is 2.23. The van der Waals surface area contributed by atoms with Gasteiger partial charge in [-0.2, -0.15) is 5.10 Å². The summed E-state index contributed by atoms with van der Waals surface area (Å²) in [5.41, 5.74) is 1.31. The van der Waals surface area contributed by atoms with Crippen molar-refractivity contribution < 1.29 is 14.3 Å². The molecule has 1 unspecified atom stereocenters. The zero-order valence-corrected chi connectivity index (χ0v) is 12.0. The minimum Gasteiger partial charge on any atom is -0.480 e. The van der Waals surface area contributed by atoms with Gasteiger partial charge in [0, 0.05) is 18.6 Å². The van der Waals surface area contributed by atoms with Crippen LogP contribution < -0.4 is 5.56 Å². The zero-order chi connectivity index (χ0) is 15.3. The van der Waals surface area contributed by atoms with Crippen LogP contribution in [0, 0.1) is 6.92 Å². The van der Waals surface area contributed by atoms with Crippen LogP contribution in [-0.2, 0) is 11.2 Å². The van der Waals surface area contributed by atoms with Gasteiger partial charge in [-0.15, -0.1) is 0 Å². The van der Waals surface area contributed by atoms with Gasteiger partial charge in [-0.1, -0.05) is 6.92 Å². The molecule has 110 valence electrons. The second kappa shape index (κ2) is 4.47. The van der Waals surface area contributed by atoms with Crippen LogP contribution in [0.2, 0.25) is 0 Å². The lowest BCUT2D eigenvalue weighted by Gasteiger charge is -2.11. The third-order valence-electron chi connectivity index (χ3n) is 3.62. The molecule has 0 fully saturated rings. The minimum absolute atomic E-state index is 0.368. The second-order valence-corrected chi connectivity index (χ2v) is 4.99. The van der Waals surface area contributed by atoms with Crippen molar-refractivity contribution in [3.05, 3.63) is 34.1 Å². The Morgan fingerprint density at radius 3 is 2.76 bits per heavy atom. The summed E-state index contributed by atoms with van der Waals surface area (Å²) >= 11 is 0. The van der Waals surface area contributed by atoms with Gasteiger partial charge in [-0.05, 0) is 13.8 Å². The number of hydrogen-bond acceptors (Lipinski definition) is 4. The number of aliphatic carboxylic acids is 1. The van der Waals surface area contributed by atoms with Crippen LogP contribution in [0.15, 0.2) is 21.3 Å². The maximum Gasteiger partial charge on any atom is 0.328 e. The van der Waals surface area contributed by atoms with Gasteiger partial charge in [-0.3, -0.25) is 9.20 Å². The van der Waals surface area contributed by atoms with Crippen LogP contribution >= 0.6 is 0 Å². The van der Waals surface area contributed by atoms with E-state index in [1.54, 1.807) is 17.4 Å². The number of carbonyl (C=O) groups is 1. The zero-order valence-electron chi connectivity index (χ0n) is 12.0. The number of rotatable bonds is 3. The summed E-state index contributed by atoms with van der Waals surface area (Å²) < 4.78 is 8.34. The molecular formula is C14H15N3O4. The predicted octanol–water partition coefficient (Wildman–Crippen LogP) is 1.76. The molecule has 0 spiro atoms. The van der Waals surface area contributed by atoms with Crippen molar-refractivity contribution >= 4 is 22.6 Å².